The van der Waals surface area contributed by atoms with Crippen LogP contribution >= 0.6 is 0 Å². The van der Waals surface area contributed by atoms with Crippen LogP contribution in [0.25, 0.3) is 0 Å². The molecule has 2 rings (SSSR count). The zero-order chi connectivity index (χ0) is 18.4. The zero-order valence-corrected chi connectivity index (χ0v) is 14.6. The molecule has 0 radical (unpaired) electrons. The molecule has 5 heteroatoms. The van der Waals surface area contributed by atoms with E-state index in [1.165, 1.54) is 0 Å². The van der Waals surface area contributed by atoms with Crippen molar-refractivity contribution in [3.63, 3.8) is 0 Å². The SMILES string of the molecule is C=C(C)C(=O)Nc1cccc(C(C)=NNC(=O)c2cccc(C)c2)c1. The minimum Gasteiger partial charge on any atom is -0.322 e. The molecule has 128 valence electrons. The molecule has 0 saturated carbocycles. The van der Waals surface area contributed by atoms with E-state index in [0.29, 0.717) is 22.5 Å². The van der Waals surface area contributed by atoms with Crippen molar-refractivity contribution in [1.29, 1.82) is 0 Å². The van der Waals surface area contributed by atoms with Gasteiger partial charge in [-0.05, 0) is 50.6 Å². The second kappa shape index (κ2) is 8.06. The molecule has 0 bridgehead atoms. The lowest BCUT2D eigenvalue weighted by Gasteiger charge is -2.08. The predicted octanol–water partition coefficient (Wildman–Crippen LogP) is 3.66. The molecule has 2 aromatic carbocycles. The highest BCUT2D eigenvalue weighted by molar-refractivity contribution is 6.05. The van der Waals surface area contributed by atoms with Crippen molar-refractivity contribution in [1.82, 2.24) is 5.43 Å². The molecule has 0 aromatic heterocycles. The van der Waals surface area contributed by atoms with E-state index in [1.807, 2.05) is 31.2 Å². The fourth-order valence-electron chi connectivity index (χ4n) is 2.11. The maximum atomic E-state index is 12.1. The highest BCUT2D eigenvalue weighted by Crippen LogP contribution is 2.12. The van der Waals surface area contributed by atoms with Gasteiger partial charge in [0.15, 0.2) is 0 Å². The van der Waals surface area contributed by atoms with Gasteiger partial charge in [0.2, 0.25) is 0 Å². The number of nitrogens with zero attached hydrogens (tertiary/aromatic N) is 1. The maximum absolute atomic E-state index is 12.1. The molecule has 2 amide bonds. The fraction of sp³-hybridized carbons (Fsp3) is 0.150. The van der Waals surface area contributed by atoms with Crippen molar-refractivity contribution < 1.29 is 9.59 Å². The Labute approximate surface area is 147 Å². The fourth-order valence-corrected chi connectivity index (χ4v) is 2.11. The first kappa shape index (κ1) is 18.1. The van der Waals surface area contributed by atoms with Gasteiger partial charge in [0.05, 0.1) is 5.71 Å². The molecular weight excluding hydrogens is 314 g/mol. The van der Waals surface area contributed by atoms with E-state index in [2.05, 4.69) is 22.4 Å². The summed E-state index contributed by atoms with van der Waals surface area (Å²) in [6.45, 7) is 8.97. The summed E-state index contributed by atoms with van der Waals surface area (Å²) in [4.78, 5) is 23.8. The van der Waals surface area contributed by atoms with Gasteiger partial charge >= 0.3 is 0 Å². The van der Waals surface area contributed by atoms with Crippen LogP contribution in [0.15, 0.2) is 65.8 Å². The third kappa shape index (κ3) is 5.14. The van der Waals surface area contributed by atoms with E-state index < -0.39 is 0 Å². The lowest BCUT2D eigenvalue weighted by atomic mass is 10.1. The number of carbonyl (C=O) groups is 2. The molecule has 0 heterocycles. The Morgan fingerprint density at radius 1 is 1.00 bits per heavy atom. The van der Waals surface area contributed by atoms with Crippen molar-refractivity contribution in [2.45, 2.75) is 20.8 Å². The molecule has 2 aromatic rings. The Balaban J connectivity index is 2.10. The van der Waals surface area contributed by atoms with Gasteiger partial charge in [-0.15, -0.1) is 0 Å². The van der Waals surface area contributed by atoms with E-state index in [0.717, 1.165) is 11.1 Å². The maximum Gasteiger partial charge on any atom is 0.271 e. The van der Waals surface area contributed by atoms with Crippen LogP contribution in [0.5, 0.6) is 0 Å². The molecule has 0 fully saturated rings. The van der Waals surface area contributed by atoms with Gasteiger partial charge in [-0.3, -0.25) is 9.59 Å². The largest absolute Gasteiger partial charge is 0.322 e. The summed E-state index contributed by atoms with van der Waals surface area (Å²) >= 11 is 0. The number of hydrogen-bond donors (Lipinski definition) is 2. The van der Waals surface area contributed by atoms with Crippen molar-refractivity contribution >= 4 is 23.2 Å². The van der Waals surface area contributed by atoms with Gasteiger partial charge in [-0.1, -0.05) is 36.4 Å². The lowest BCUT2D eigenvalue weighted by molar-refractivity contribution is -0.112. The van der Waals surface area contributed by atoms with E-state index >= 15 is 0 Å². The number of amides is 2. The lowest BCUT2D eigenvalue weighted by Crippen LogP contribution is -2.19. The van der Waals surface area contributed by atoms with E-state index in [4.69, 9.17) is 0 Å². The van der Waals surface area contributed by atoms with Gasteiger partial charge < -0.3 is 5.32 Å². The number of aryl methyl sites for hydroxylation is 1. The summed E-state index contributed by atoms with van der Waals surface area (Å²) in [7, 11) is 0. The van der Waals surface area contributed by atoms with Crippen LogP contribution in [0.2, 0.25) is 0 Å². The number of benzene rings is 2. The number of hydrazone groups is 1. The molecule has 0 spiro atoms. The summed E-state index contributed by atoms with van der Waals surface area (Å²) < 4.78 is 0. The number of carbonyl (C=O) groups excluding carboxylic acids is 2. The van der Waals surface area contributed by atoms with Crippen molar-refractivity contribution in [2.24, 2.45) is 5.10 Å². The molecular formula is C20H21N3O2. The molecule has 0 saturated heterocycles. The minimum absolute atomic E-state index is 0.237. The number of hydrogen-bond acceptors (Lipinski definition) is 3. The van der Waals surface area contributed by atoms with E-state index in [-0.39, 0.29) is 11.8 Å². The van der Waals surface area contributed by atoms with Crippen molar-refractivity contribution in [3.8, 4) is 0 Å². The zero-order valence-electron chi connectivity index (χ0n) is 14.6. The van der Waals surface area contributed by atoms with Gasteiger partial charge in [-0.2, -0.15) is 5.10 Å². The second-order valence-electron chi connectivity index (χ2n) is 5.82. The summed E-state index contributed by atoms with van der Waals surface area (Å²) in [6, 6.07) is 14.5. The van der Waals surface area contributed by atoms with E-state index in [9.17, 15) is 9.59 Å². The van der Waals surface area contributed by atoms with Crippen LogP contribution in [-0.2, 0) is 4.79 Å². The Bertz CT molecular complexity index is 854. The van der Waals surface area contributed by atoms with Crippen LogP contribution in [-0.4, -0.2) is 17.5 Å². The standard InChI is InChI=1S/C20H21N3O2/c1-13(2)19(24)21-18-10-6-8-16(12-18)15(4)22-23-20(25)17-9-5-7-14(3)11-17/h5-12H,1H2,2-4H3,(H,21,24)(H,23,25). The number of nitrogens with one attached hydrogen (secondary N) is 2. The normalized spacial score (nSPS) is 10.9. The highest BCUT2D eigenvalue weighted by Gasteiger charge is 2.07. The molecule has 25 heavy (non-hydrogen) atoms. The Morgan fingerprint density at radius 2 is 1.68 bits per heavy atom. The van der Waals surface area contributed by atoms with Crippen LogP contribution in [0, 0.1) is 6.92 Å². The van der Waals surface area contributed by atoms with Gasteiger partial charge in [-0.25, -0.2) is 5.43 Å². The third-order valence-electron chi connectivity index (χ3n) is 3.53. The predicted molar refractivity (Wildman–Crippen MR) is 101 cm³/mol. The molecule has 0 aliphatic carbocycles. The average Bonchev–Trinajstić information content (AvgIpc) is 2.59. The smallest absolute Gasteiger partial charge is 0.271 e. The summed E-state index contributed by atoms with van der Waals surface area (Å²) in [5.41, 5.74) is 6.62. The van der Waals surface area contributed by atoms with Crippen molar-refractivity contribution in [2.75, 3.05) is 5.32 Å². The second-order valence-corrected chi connectivity index (χ2v) is 5.82. The van der Waals surface area contributed by atoms with Gasteiger partial charge in [0.1, 0.15) is 0 Å². The quantitative estimate of drug-likeness (QED) is 0.497. The first-order valence-electron chi connectivity index (χ1n) is 7.85. The topological polar surface area (TPSA) is 70.6 Å². The summed E-state index contributed by atoms with van der Waals surface area (Å²) in [6.07, 6.45) is 0. The first-order chi connectivity index (χ1) is 11.9. The molecule has 0 atom stereocenters. The van der Waals surface area contributed by atoms with Gasteiger partial charge in [0, 0.05) is 16.8 Å². The molecule has 2 N–H and O–H groups in total. The monoisotopic (exact) mass is 335 g/mol. The molecule has 0 aliphatic heterocycles. The summed E-state index contributed by atoms with van der Waals surface area (Å²) in [5.74, 6) is -0.505. The number of rotatable bonds is 5. The highest BCUT2D eigenvalue weighted by atomic mass is 16.2. The van der Waals surface area contributed by atoms with Crippen LogP contribution in [0.1, 0.15) is 35.3 Å². The van der Waals surface area contributed by atoms with Gasteiger partial charge in [0.25, 0.3) is 11.8 Å². The third-order valence-corrected chi connectivity index (χ3v) is 3.53. The van der Waals surface area contributed by atoms with Crippen LogP contribution < -0.4 is 10.7 Å². The Kier molecular flexibility index (Phi) is 5.84. The van der Waals surface area contributed by atoms with Crippen LogP contribution in [0.3, 0.4) is 0 Å². The van der Waals surface area contributed by atoms with E-state index in [1.54, 1.807) is 38.1 Å². The Hall–Kier alpha value is -3.21. The molecule has 5 nitrogen and oxygen atoms in total. The number of anilines is 1. The molecule has 0 aliphatic rings. The summed E-state index contributed by atoms with van der Waals surface area (Å²) in [5, 5.41) is 6.90. The first-order valence-corrected chi connectivity index (χ1v) is 7.85. The Morgan fingerprint density at radius 3 is 2.36 bits per heavy atom. The average molecular weight is 335 g/mol. The minimum atomic E-state index is -0.269. The molecule has 0 unspecified atom stereocenters. The van der Waals surface area contributed by atoms with Crippen LogP contribution in [0.4, 0.5) is 5.69 Å². The van der Waals surface area contributed by atoms with Crippen molar-refractivity contribution in [3.05, 3.63) is 77.4 Å².